The summed E-state index contributed by atoms with van der Waals surface area (Å²) in [5.41, 5.74) is 1.47. The maximum Gasteiger partial charge on any atom is 0.407 e. The highest BCUT2D eigenvalue weighted by Gasteiger charge is 2.35. The molecule has 0 aromatic heterocycles. The number of aryl methyl sites for hydroxylation is 2. The molecule has 0 aliphatic carbocycles. The number of benzene rings is 1. The van der Waals surface area contributed by atoms with Gasteiger partial charge >= 0.3 is 6.09 Å². The standard InChI is InChI=1S/C24H37N3O5S/c1-17-6-7-21(16-18(17)2)33(30,31)27-14-8-19(9-15-27)22(28)26-12-10-20(11-13-26)25-23(29)32-24(3,4)5/h6-7,16,19-20H,8-15H2,1-5H3,(H,25,29). The van der Waals surface area contributed by atoms with Crippen molar-refractivity contribution in [1.82, 2.24) is 14.5 Å². The number of hydrogen-bond donors (Lipinski definition) is 1. The summed E-state index contributed by atoms with van der Waals surface area (Å²) in [7, 11) is -3.55. The lowest BCUT2D eigenvalue weighted by Crippen LogP contribution is -2.50. The van der Waals surface area contributed by atoms with E-state index in [1.807, 2.05) is 45.6 Å². The molecule has 0 spiro atoms. The Morgan fingerprint density at radius 1 is 0.970 bits per heavy atom. The number of ether oxygens (including phenoxy) is 1. The first-order chi connectivity index (χ1) is 15.4. The average Bonchev–Trinajstić information content (AvgIpc) is 2.74. The Bertz CT molecular complexity index is 970. The number of amides is 2. The topological polar surface area (TPSA) is 96.0 Å². The molecule has 2 amide bonds. The fraction of sp³-hybridized carbons (Fsp3) is 0.667. The molecule has 2 heterocycles. The number of rotatable bonds is 4. The van der Waals surface area contributed by atoms with E-state index in [2.05, 4.69) is 5.32 Å². The number of likely N-dealkylation sites (tertiary alicyclic amines) is 1. The fourth-order valence-corrected chi connectivity index (χ4v) is 5.90. The molecular weight excluding hydrogens is 442 g/mol. The lowest BCUT2D eigenvalue weighted by Gasteiger charge is -2.37. The Kier molecular flexibility index (Phi) is 7.73. The zero-order chi connectivity index (χ0) is 24.4. The van der Waals surface area contributed by atoms with Gasteiger partial charge in [0, 0.05) is 38.1 Å². The third-order valence-electron chi connectivity index (χ3n) is 6.45. The van der Waals surface area contributed by atoms with Crippen LogP contribution in [0.5, 0.6) is 0 Å². The molecule has 33 heavy (non-hydrogen) atoms. The minimum absolute atomic E-state index is 0.00569. The second kappa shape index (κ2) is 10.0. The van der Waals surface area contributed by atoms with E-state index in [-0.39, 0.29) is 17.9 Å². The molecule has 1 aromatic rings. The Labute approximate surface area is 197 Å². The summed E-state index contributed by atoms with van der Waals surface area (Å²) in [5.74, 6) is -0.0690. The molecule has 8 nitrogen and oxygen atoms in total. The first kappa shape index (κ1) is 25.5. The maximum atomic E-state index is 13.0. The average molecular weight is 480 g/mol. The van der Waals surface area contributed by atoms with E-state index >= 15 is 0 Å². The van der Waals surface area contributed by atoms with Crippen LogP contribution in [0.25, 0.3) is 0 Å². The van der Waals surface area contributed by atoms with Gasteiger partial charge in [0.15, 0.2) is 0 Å². The first-order valence-corrected chi connectivity index (χ1v) is 13.2. The molecular formula is C24H37N3O5S. The Hall–Kier alpha value is -2.13. The molecule has 184 valence electrons. The van der Waals surface area contributed by atoms with Gasteiger partial charge in [0.2, 0.25) is 15.9 Å². The van der Waals surface area contributed by atoms with E-state index in [0.29, 0.717) is 56.8 Å². The van der Waals surface area contributed by atoms with Crippen molar-refractivity contribution in [3.05, 3.63) is 29.3 Å². The highest BCUT2D eigenvalue weighted by atomic mass is 32.2. The molecule has 1 aromatic carbocycles. The fourth-order valence-electron chi connectivity index (χ4n) is 4.34. The monoisotopic (exact) mass is 479 g/mol. The Morgan fingerprint density at radius 3 is 2.12 bits per heavy atom. The van der Waals surface area contributed by atoms with Crippen LogP contribution in [0, 0.1) is 19.8 Å². The van der Waals surface area contributed by atoms with Crippen LogP contribution in [0.3, 0.4) is 0 Å². The molecule has 2 aliphatic rings. The molecule has 9 heteroatoms. The van der Waals surface area contributed by atoms with Gasteiger partial charge in [-0.2, -0.15) is 4.31 Å². The summed E-state index contributed by atoms with van der Waals surface area (Å²) < 4.78 is 32.9. The van der Waals surface area contributed by atoms with Gasteiger partial charge in [-0.15, -0.1) is 0 Å². The molecule has 0 unspecified atom stereocenters. The van der Waals surface area contributed by atoms with Crippen molar-refractivity contribution in [1.29, 1.82) is 0 Å². The quantitative estimate of drug-likeness (QED) is 0.715. The second-order valence-electron chi connectivity index (χ2n) is 10.2. The summed E-state index contributed by atoms with van der Waals surface area (Å²) >= 11 is 0. The number of carbonyl (C=O) groups excluding carboxylic acids is 2. The highest BCUT2D eigenvalue weighted by molar-refractivity contribution is 7.89. The highest BCUT2D eigenvalue weighted by Crippen LogP contribution is 2.27. The number of piperidine rings is 2. The number of sulfonamides is 1. The molecule has 2 aliphatic heterocycles. The molecule has 0 bridgehead atoms. The summed E-state index contributed by atoms with van der Waals surface area (Å²) in [6.45, 7) is 11.2. The third kappa shape index (κ3) is 6.47. The smallest absolute Gasteiger partial charge is 0.407 e. The van der Waals surface area contributed by atoms with Gasteiger partial charge in [-0.25, -0.2) is 13.2 Å². The molecule has 0 atom stereocenters. The lowest BCUT2D eigenvalue weighted by molar-refractivity contribution is -0.137. The van der Waals surface area contributed by atoms with E-state index in [4.69, 9.17) is 4.74 Å². The summed E-state index contributed by atoms with van der Waals surface area (Å²) in [6, 6.07) is 5.20. The molecule has 2 saturated heterocycles. The van der Waals surface area contributed by atoms with Crippen molar-refractivity contribution in [2.45, 2.75) is 76.8 Å². The zero-order valence-corrected chi connectivity index (χ0v) is 21.2. The minimum atomic E-state index is -3.55. The number of carbonyl (C=O) groups is 2. The zero-order valence-electron chi connectivity index (χ0n) is 20.4. The third-order valence-corrected chi connectivity index (χ3v) is 8.34. The Morgan fingerprint density at radius 2 is 1.58 bits per heavy atom. The van der Waals surface area contributed by atoms with E-state index in [1.165, 1.54) is 4.31 Å². The van der Waals surface area contributed by atoms with E-state index in [9.17, 15) is 18.0 Å². The van der Waals surface area contributed by atoms with Crippen LogP contribution in [0.2, 0.25) is 0 Å². The van der Waals surface area contributed by atoms with Crippen molar-refractivity contribution < 1.29 is 22.7 Å². The molecule has 1 N–H and O–H groups in total. The van der Waals surface area contributed by atoms with Crippen LogP contribution >= 0.6 is 0 Å². The summed E-state index contributed by atoms with van der Waals surface area (Å²) in [5, 5.41) is 2.89. The second-order valence-corrected chi connectivity index (χ2v) is 12.1. The van der Waals surface area contributed by atoms with Gasteiger partial charge < -0.3 is 15.0 Å². The van der Waals surface area contributed by atoms with E-state index in [0.717, 1.165) is 11.1 Å². The van der Waals surface area contributed by atoms with Gasteiger partial charge in [0.25, 0.3) is 0 Å². The van der Waals surface area contributed by atoms with Gasteiger partial charge in [0.05, 0.1) is 4.90 Å². The summed E-state index contributed by atoms with van der Waals surface area (Å²) in [4.78, 5) is 27.2. The van der Waals surface area contributed by atoms with Crippen LogP contribution in [0.4, 0.5) is 4.79 Å². The summed E-state index contributed by atoms with van der Waals surface area (Å²) in [6.07, 6.45) is 2.00. The largest absolute Gasteiger partial charge is 0.444 e. The van der Waals surface area contributed by atoms with Gasteiger partial charge in [-0.3, -0.25) is 4.79 Å². The van der Waals surface area contributed by atoms with Crippen molar-refractivity contribution in [2.24, 2.45) is 5.92 Å². The molecule has 3 rings (SSSR count). The van der Waals surface area contributed by atoms with Gasteiger partial charge in [-0.1, -0.05) is 6.07 Å². The predicted molar refractivity (Wildman–Crippen MR) is 126 cm³/mol. The van der Waals surface area contributed by atoms with Crippen LogP contribution in [0.1, 0.15) is 57.6 Å². The first-order valence-electron chi connectivity index (χ1n) is 11.7. The van der Waals surface area contributed by atoms with Gasteiger partial charge in [-0.05, 0) is 83.6 Å². The minimum Gasteiger partial charge on any atom is -0.444 e. The Balaban J connectivity index is 1.49. The van der Waals surface area contributed by atoms with Crippen molar-refractivity contribution in [3.63, 3.8) is 0 Å². The lowest BCUT2D eigenvalue weighted by atomic mass is 9.95. The number of nitrogens with zero attached hydrogens (tertiary/aromatic N) is 2. The molecule has 2 fully saturated rings. The normalized spacial score (nSPS) is 19.4. The van der Waals surface area contributed by atoms with E-state index in [1.54, 1.807) is 12.1 Å². The predicted octanol–water partition coefficient (Wildman–Crippen LogP) is 3.22. The van der Waals surface area contributed by atoms with Crippen molar-refractivity contribution >= 4 is 22.0 Å². The van der Waals surface area contributed by atoms with Crippen LogP contribution in [0.15, 0.2) is 23.1 Å². The molecule has 0 saturated carbocycles. The van der Waals surface area contributed by atoms with Crippen LogP contribution in [-0.4, -0.2) is 67.4 Å². The maximum absolute atomic E-state index is 13.0. The van der Waals surface area contributed by atoms with Crippen molar-refractivity contribution in [3.8, 4) is 0 Å². The number of nitrogens with one attached hydrogen (secondary N) is 1. The number of hydrogen-bond acceptors (Lipinski definition) is 5. The van der Waals surface area contributed by atoms with Crippen molar-refractivity contribution in [2.75, 3.05) is 26.2 Å². The van der Waals surface area contributed by atoms with E-state index < -0.39 is 21.7 Å². The molecule has 0 radical (unpaired) electrons. The number of alkyl carbamates (subject to hydrolysis) is 1. The van der Waals surface area contributed by atoms with Crippen LogP contribution in [-0.2, 0) is 19.6 Å². The SMILES string of the molecule is Cc1ccc(S(=O)(=O)N2CCC(C(=O)N3CCC(NC(=O)OC(C)(C)C)CC3)CC2)cc1C. The van der Waals surface area contributed by atoms with Crippen LogP contribution < -0.4 is 5.32 Å². The van der Waals surface area contributed by atoms with Gasteiger partial charge in [0.1, 0.15) is 5.60 Å².